The number of aliphatic hydroxyl groups is 1. The fourth-order valence-electron chi connectivity index (χ4n) is 4.40. The molecule has 1 amide bonds. The second-order valence-electron chi connectivity index (χ2n) is 8.28. The number of aromatic hydroxyl groups is 1. The number of halogens is 3. The molecular weight excluding hydrogens is 496 g/mol. The molecular formula is C24H20Cl2FN5O3. The van der Waals surface area contributed by atoms with Gasteiger partial charge in [0.2, 0.25) is 0 Å². The van der Waals surface area contributed by atoms with Crippen molar-refractivity contribution >= 4 is 40.6 Å². The molecule has 1 aliphatic rings. The Balaban J connectivity index is 1.48. The SMILES string of the molecule is O=C(N[C@H]1C[C@@H](c2cccc(F)c2)N(c2ccc3ncc(CO)n3n2)C1)c1cc(Cl)cc(Cl)c1O. The number of amides is 1. The molecule has 8 nitrogen and oxygen atoms in total. The zero-order chi connectivity index (χ0) is 24.7. The molecule has 1 saturated heterocycles. The van der Waals surface area contributed by atoms with Crippen molar-refractivity contribution in [3.05, 3.63) is 87.4 Å². The van der Waals surface area contributed by atoms with Crippen LogP contribution in [0.15, 0.2) is 54.7 Å². The zero-order valence-electron chi connectivity index (χ0n) is 18.2. The first kappa shape index (κ1) is 23.3. The van der Waals surface area contributed by atoms with Crippen molar-refractivity contribution in [1.29, 1.82) is 0 Å². The highest BCUT2D eigenvalue weighted by atomic mass is 35.5. The highest BCUT2D eigenvalue weighted by Crippen LogP contribution is 2.37. The summed E-state index contributed by atoms with van der Waals surface area (Å²) in [6.07, 6.45) is 2.01. The van der Waals surface area contributed by atoms with Gasteiger partial charge in [-0.25, -0.2) is 13.9 Å². The molecule has 11 heteroatoms. The number of hydrogen-bond donors (Lipinski definition) is 3. The third-order valence-corrected chi connectivity index (χ3v) is 6.52. The topological polar surface area (TPSA) is 103 Å². The third kappa shape index (κ3) is 4.50. The Hall–Kier alpha value is -3.40. The number of carbonyl (C=O) groups excluding carboxylic acids is 1. The van der Waals surface area contributed by atoms with Crippen LogP contribution >= 0.6 is 23.2 Å². The van der Waals surface area contributed by atoms with E-state index in [0.29, 0.717) is 30.1 Å². The Bertz CT molecular complexity index is 1430. The van der Waals surface area contributed by atoms with Crippen LogP contribution in [0.3, 0.4) is 0 Å². The molecule has 0 aliphatic carbocycles. The van der Waals surface area contributed by atoms with Gasteiger partial charge in [-0.2, -0.15) is 0 Å². The van der Waals surface area contributed by atoms with Gasteiger partial charge in [0.05, 0.1) is 35.1 Å². The second kappa shape index (κ2) is 9.33. The highest BCUT2D eigenvalue weighted by molar-refractivity contribution is 6.36. The van der Waals surface area contributed by atoms with E-state index < -0.39 is 5.91 Å². The molecule has 180 valence electrons. The first-order chi connectivity index (χ1) is 16.8. The van der Waals surface area contributed by atoms with Gasteiger partial charge < -0.3 is 20.4 Å². The van der Waals surface area contributed by atoms with Gasteiger partial charge in [-0.15, -0.1) is 5.10 Å². The van der Waals surface area contributed by atoms with Gasteiger partial charge >= 0.3 is 0 Å². The Morgan fingerprint density at radius 3 is 2.80 bits per heavy atom. The molecule has 2 atom stereocenters. The van der Waals surface area contributed by atoms with Crippen molar-refractivity contribution in [2.75, 3.05) is 11.4 Å². The minimum atomic E-state index is -0.530. The molecule has 1 fully saturated rings. The number of aliphatic hydroxyl groups excluding tert-OH is 1. The quantitative estimate of drug-likeness (QED) is 0.369. The molecule has 0 spiro atoms. The van der Waals surface area contributed by atoms with Crippen LogP contribution in [0.2, 0.25) is 10.0 Å². The van der Waals surface area contributed by atoms with Crippen LogP contribution in [-0.4, -0.2) is 43.3 Å². The van der Waals surface area contributed by atoms with E-state index in [-0.39, 0.29) is 45.9 Å². The summed E-state index contributed by atoms with van der Waals surface area (Å²) in [4.78, 5) is 19.2. The van der Waals surface area contributed by atoms with Gasteiger partial charge in [0.15, 0.2) is 5.65 Å². The lowest BCUT2D eigenvalue weighted by molar-refractivity contribution is 0.0937. The molecule has 0 radical (unpaired) electrons. The van der Waals surface area contributed by atoms with Crippen LogP contribution in [-0.2, 0) is 6.61 Å². The van der Waals surface area contributed by atoms with E-state index in [9.17, 15) is 19.4 Å². The summed E-state index contributed by atoms with van der Waals surface area (Å²) < 4.78 is 15.6. The van der Waals surface area contributed by atoms with Crippen molar-refractivity contribution < 1.29 is 19.4 Å². The summed E-state index contributed by atoms with van der Waals surface area (Å²) in [5.74, 6) is -0.676. The lowest BCUT2D eigenvalue weighted by atomic mass is 10.0. The summed E-state index contributed by atoms with van der Waals surface area (Å²) in [5, 5.41) is 27.6. The van der Waals surface area contributed by atoms with Crippen LogP contribution in [0.5, 0.6) is 5.75 Å². The Morgan fingerprint density at radius 2 is 2.03 bits per heavy atom. The number of fused-ring (bicyclic) bond motifs is 1. The number of phenolic OH excluding ortho intramolecular Hbond substituents is 1. The summed E-state index contributed by atoms with van der Waals surface area (Å²) in [6.45, 7) is 0.138. The molecule has 5 rings (SSSR count). The molecule has 4 aromatic rings. The lowest BCUT2D eigenvalue weighted by Gasteiger charge is -2.26. The first-order valence-corrected chi connectivity index (χ1v) is 11.5. The van der Waals surface area contributed by atoms with Crippen molar-refractivity contribution in [1.82, 2.24) is 19.9 Å². The maximum atomic E-state index is 14.1. The Kier molecular flexibility index (Phi) is 6.22. The van der Waals surface area contributed by atoms with Crippen molar-refractivity contribution in [3.63, 3.8) is 0 Å². The average molecular weight is 516 g/mol. The monoisotopic (exact) mass is 515 g/mol. The molecule has 1 aliphatic heterocycles. The van der Waals surface area contributed by atoms with E-state index in [4.69, 9.17) is 23.2 Å². The molecule has 3 N–H and O–H groups in total. The van der Waals surface area contributed by atoms with Gasteiger partial charge in [-0.05, 0) is 48.4 Å². The number of imidazole rings is 1. The molecule has 0 saturated carbocycles. The van der Waals surface area contributed by atoms with E-state index >= 15 is 0 Å². The normalized spacial score (nSPS) is 17.8. The fraction of sp³-hybridized carbons (Fsp3) is 0.208. The Morgan fingerprint density at radius 1 is 1.20 bits per heavy atom. The smallest absolute Gasteiger partial charge is 0.255 e. The predicted octanol–water partition coefficient (Wildman–Crippen LogP) is 4.12. The van der Waals surface area contributed by atoms with E-state index in [1.54, 1.807) is 28.9 Å². The summed E-state index contributed by atoms with van der Waals surface area (Å²) in [6, 6.07) is 11.9. The van der Waals surface area contributed by atoms with Crippen LogP contribution in [0, 0.1) is 5.82 Å². The standard InChI is InChI=1S/C24H20Cl2FN5O3/c25-14-7-18(23(34)19(26)8-14)24(35)29-16-9-20(13-2-1-3-15(27)6-13)31(11-16)22-5-4-21-28-10-17(12-33)32(21)30-22/h1-8,10,16,20,33-34H,9,11-12H2,(H,29,35)/t16-,20-/m0/s1. The fourth-order valence-corrected chi connectivity index (χ4v) is 4.89. The van der Waals surface area contributed by atoms with Gasteiger partial charge in [0.25, 0.3) is 5.91 Å². The van der Waals surface area contributed by atoms with Gasteiger partial charge in [0, 0.05) is 17.6 Å². The Labute approximate surface area is 209 Å². The van der Waals surface area contributed by atoms with Crippen LogP contribution < -0.4 is 10.2 Å². The van der Waals surface area contributed by atoms with Crippen LogP contribution in [0.4, 0.5) is 10.2 Å². The summed E-state index contributed by atoms with van der Waals surface area (Å²) in [5.41, 5.74) is 1.80. The van der Waals surface area contributed by atoms with Crippen molar-refractivity contribution in [2.45, 2.75) is 25.1 Å². The van der Waals surface area contributed by atoms with E-state index in [1.165, 1.54) is 24.3 Å². The molecule has 0 bridgehead atoms. The minimum Gasteiger partial charge on any atom is -0.506 e. The molecule has 3 heterocycles. The summed E-state index contributed by atoms with van der Waals surface area (Å²) >= 11 is 12.0. The molecule has 35 heavy (non-hydrogen) atoms. The van der Waals surface area contributed by atoms with E-state index in [2.05, 4.69) is 15.4 Å². The number of benzene rings is 2. The minimum absolute atomic E-state index is 0.0224. The maximum Gasteiger partial charge on any atom is 0.255 e. The number of nitrogens with zero attached hydrogens (tertiary/aromatic N) is 4. The molecule has 2 aromatic carbocycles. The molecule has 0 unspecified atom stereocenters. The van der Waals surface area contributed by atoms with Gasteiger partial charge in [0.1, 0.15) is 17.4 Å². The third-order valence-electron chi connectivity index (χ3n) is 6.02. The van der Waals surface area contributed by atoms with E-state index in [1.807, 2.05) is 11.0 Å². The number of rotatable bonds is 5. The number of hydrogen-bond acceptors (Lipinski definition) is 6. The predicted molar refractivity (Wildman–Crippen MR) is 129 cm³/mol. The number of aromatic nitrogens is 3. The first-order valence-electron chi connectivity index (χ1n) is 10.8. The lowest BCUT2D eigenvalue weighted by Crippen LogP contribution is -2.37. The van der Waals surface area contributed by atoms with Gasteiger partial charge in [-0.3, -0.25) is 4.79 Å². The summed E-state index contributed by atoms with van der Waals surface area (Å²) in [7, 11) is 0. The van der Waals surface area contributed by atoms with Crippen LogP contribution in [0.25, 0.3) is 5.65 Å². The van der Waals surface area contributed by atoms with Crippen molar-refractivity contribution in [2.24, 2.45) is 0 Å². The van der Waals surface area contributed by atoms with Crippen LogP contribution in [0.1, 0.15) is 34.1 Å². The number of anilines is 1. The number of phenols is 1. The van der Waals surface area contributed by atoms with Gasteiger partial charge in [-0.1, -0.05) is 35.3 Å². The van der Waals surface area contributed by atoms with Crippen molar-refractivity contribution in [3.8, 4) is 5.75 Å². The largest absolute Gasteiger partial charge is 0.506 e. The maximum absolute atomic E-state index is 14.1. The average Bonchev–Trinajstić information content (AvgIpc) is 3.44. The zero-order valence-corrected chi connectivity index (χ0v) is 19.7. The van der Waals surface area contributed by atoms with E-state index in [0.717, 1.165) is 5.56 Å². The number of nitrogens with one attached hydrogen (secondary N) is 1. The highest BCUT2D eigenvalue weighted by Gasteiger charge is 2.36. The molecule has 2 aromatic heterocycles. The number of carbonyl (C=O) groups is 1. The second-order valence-corrected chi connectivity index (χ2v) is 9.13.